The number of hydrogen-bond acceptors (Lipinski definition) is 5. The van der Waals surface area contributed by atoms with Crippen molar-refractivity contribution >= 4 is 11.8 Å². The Morgan fingerprint density at radius 1 is 1.44 bits per heavy atom. The quantitative estimate of drug-likeness (QED) is 0.243. The highest BCUT2D eigenvalue weighted by atomic mass is 16.5. The predicted molar refractivity (Wildman–Crippen MR) is 59.8 cm³/mol. The van der Waals surface area contributed by atoms with Gasteiger partial charge < -0.3 is 10.5 Å². The number of carbonyl (C=O) groups excluding carboxylic acids is 1. The average Bonchev–Trinajstić information content (AvgIpc) is 2.29. The van der Waals surface area contributed by atoms with E-state index in [9.17, 15) is 4.79 Å². The first-order chi connectivity index (χ1) is 7.63. The molecule has 0 aliphatic heterocycles. The molecule has 0 saturated heterocycles. The molecule has 0 aromatic heterocycles. The molecule has 0 heterocycles. The van der Waals surface area contributed by atoms with Crippen molar-refractivity contribution in [3.05, 3.63) is 35.9 Å². The number of rotatable bonds is 3. The summed E-state index contributed by atoms with van der Waals surface area (Å²) in [4.78, 5) is 10.9. The van der Waals surface area contributed by atoms with Crippen LogP contribution < -0.4 is 11.6 Å². The molecular weight excluding hydrogens is 208 g/mol. The minimum Gasteiger partial charge on any atom is -0.463 e. The second-order valence-corrected chi connectivity index (χ2v) is 3.06. The van der Waals surface area contributed by atoms with Crippen molar-refractivity contribution in [1.29, 1.82) is 0 Å². The number of nitrogens with zero attached hydrogens (tertiary/aromatic N) is 2. The number of esters is 1. The molecule has 0 amide bonds. The number of carbonyl (C=O) groups is 1. The third kappa shape index (κ3) is 3.58. The topological polar surface area (TPSA) is 93.9 Å². The first-order valence-electron chi connectivity index (χ1n) is 4.62. The fraction of sp³-hybridized carbons (Fsp3) is 0.200. The van der Waals surface area contributed by atoms with E-state index in [-0.39, 0.29) is 5.84 Å². The molecule has 1 rings (SSSR count). The summed E-state index contributed by atoms with van der Waals surface area (Å²) in [6.07, 6.45) is 0. The van der Waals surface area contributed by atoms with Gasteiger partial charge >= 0.3 is 5.97 Å². The largest absolute Gasteiger partial charge is 0.463 e. The van der Waals surface area contributed by atoms with E-state index in [4.69, 9.17) is 11.6 Å². The van der Waals surface area contributed by atoms with Crippen molar-refractivity contribution in [2.45, 2.75) is 6.54 Å². The molecule has 0 bridgehead atoms. The van der Waals surface area contributed by atoms with Gasteiger partial charge in [0.15, 0.2) is 0 Å². The van der Waals surface area contributed by atoms with E-state index in [0.717, 1.165) is 10.7 Å². The zero-order valence-electron chi connectivity index (χ0n) is 8.96. The molecule has 0 aliphatic rings. The normalized spacial score (nSPS) is 11.0. The van der Waals surface area contributed by atoms with Gasteiger partial charge in [-0.2, -0.15) is 0 Å². The van der Waals surface area contributed by atoms with Crippen LogP contribution in [-0.2, 0) is 16.1 Å². The van der Waals surface area contributed by atoms with Crippen LogP contribution in [0.15, 0.2) is 35.4 Å². The number of benzene rings is 1. The molecule has 0 aliphatic carbocycles. The molecule has 0 saturated carbocycles. The lowest BCUT2D eigenvalue weighted by Crippen LogP contribution is -2.33. The smallest absolute Gasteiger partial charge is 0.375 e. The standard InChI is InChI=1S/C10H14N4O2/c1-16-10(15)9(11)13-14(12)7-8-5-3-2-4-6-8/h2-6H,7,12H2,1H3,(H2,11,13). The van der Waals surface area contributed by atoms with Crippen LogP contribution in [0.4, 0.5) is 0 Å². The number of amidine groups is 1. The van der Waals surface area contributed by atoms with Gasteiger partial charge in [0.2, 0.25) is 5.84 Å². The van der Waals surface area contributed by atoms with Crippen LogP contribution in [0.25, 0.3) is 0 Å². The predicted octanol–water partition coefficient (Wildman–Crippen LogP) is -0.192. The fourth-order valence-corrected chi connectivity index (χ4v) is 1.09. The highest BCUT2D eigenvalue weighted by Gasteiger charge is 2.07. The molecule has 86 valence electrons. The molecule has 6 heteroatoms. The lowest BCUT2D eigenvalue weighted by Gasteiger charge is -2.12. The lowest BCUT2D eigenvalue weighted by molar-refractivity contribution is -0.132. The van der Waals surface area contributed by atoms with E-state index < -0.39 is 5.97 Å². The minimum absolute atomic E-state index is 0.277. The second kappa shape index (κ2) is 5.72. The van der Waals surface area contributed by atoms with Gasteiger partial charge in [-0.1, -0.05) is 30.3 Å². The van der Waals surface area contributed by atoms with Crippen molar-refractivity contribution in [3.8, 4) is 0 Å². The van der Waals surface area contributed by atoms with Crippen LogP contribution in [0.3, 0.4) is 0 Å². The Morgan fingerprint density at radius 2 is 2.06 bits per heavy atom. The Kier molecular flexibility index (Phi) is 4.28. The van der Waals surface area contributed by atoms with Crippen LogP contribution in [0.1, 0.15) is 5.56 Å². The number of ether oxygens (including phenoxy) is 1. The maximum Gasteiger partial charge on any atom is 0.375 e. The number of hydrazone groups is 1. The van der Waals surface area contributed by atoms with Gasteiger partial charge in [-0.3, -0.25) is 0 Å². The highest BCUT2D eigenvalue weighted by molar-refractivity contribution is 6.34. The van der Waals surface area contributed by atoms with Crippen LogP contribution in [-0.4, -0.2) is 24.0 Å². The summed E-state index contributed by atoms with van der Waals surface area (Å²) in [5, 5.41) is 4.76. The molecule has 0 spiro atoms. The maximum absolute atomic E-state index is 10.9. The van der Waals surface area contributed by atoms with Crippen LogP contribution in [0.5, 0.6) is 0 Å². The number of nitrogens with two attached hydrogens (primary N) is 2. The molecule has 0 fully saturated rings. The number of hydrogen-bond donors (Lipinski definition) is 2. The van der Waals surface area contributed by atoms with Crippen molar-refractivity contribution in [2.75, 3.05) is 7.11 Å². The minimum atomic E-state index is -0.705. The second-order valence-electron chi connectivity index (χ2n) is 3.06. The van der Waals surface area contributed by atoms with Crippen molar-refractivity contribution in [1.82, 2.24) is 5.12 Å². The highest BCUT2D eigenvalue weighted by Crippen LogP contribution is 2.01. The molecule has 1 aromatic rings. The van der Waals surface area contributed by atoms with Gasteiger partial charge in [0, 0.05) is 0 Å². The summed E-state index contributed by atoms with van der Waals surface area (Å²) in [5.41, 5.74) is 6.30. The van der Waals surface area contributed by atoms with Crippen molar-refractivity contribution in [2.24, 2.45) is 16.7 Å². The Bertz CT molecular complexity index is 378. The van der Waals surface area contributed by atoms with Crippen LogP contribution >= 0.6 is 0 Å². The van der Waals surface area contributed by atoms with Crippen molar-refractivity contribution < 1.29 is 9.53 Å². The molecule has 1 aromatic carbocycles. The van der Waals surface area contributed by atoms with Crippen LogP contribution in [0, 0.1) is 0 Å². The Morgan fingerprint density at radius 3 is 2.62 bits per heavy atom. The van der Waals surface area contributed by atoms with E-state index in [2.05, 4.69) is 9.84 Å². The number of methoxy groups -OCH3 is 1. The Hall–Kier alpha value is -2.08. The first-order valence-corrected chi connectivity index (χ1v) is 4.62. The van der Waals surface area contributed by atoms with E-state index in [1.54, 1.807) is 0 Å². The molecular formula is C10H14N4O2. The third-order valence-corrected chi connectivity index (χ3v) is 1.82. The monoisotopic (exact) mass is 222 g/mol. The lowest BCUT2D eigenvalue weighted by atomic mass is 10.2. The molecule has 0 unspecified atom stereocenters. The zero-order chi connectivity index (χ0) is 12.0. The van der Waals surface area contributed by atoms with Crippen LogP contribution in [0.2, 0.25) is 0 Å². The van der Waals surface area contributed by atoms with Gasteiger partial charge in [0.25, 0.3) is 0 Å². The summed E-state index contributed by atoms with van der Waals surface area (Å²) in [7, 11) is 1.22. The Balaban J connectivity index is 2.60. The fourth-order valence-electron chi connectivity index (χ4n) is 1.09. The number of hydrazine groups is 1. The maximum atomic E-state index is 10.9. The average molecular weight is 222 g/mol. The molecule has 4 N–H and O–H groups in total. The first kappa shape index (κ1) is 12.0. The summed E-state index contributed by atoms with van der Waals surface area (Å²) in [5.74, 6) is 4.58. The van der Waals surface area contributed by atoms with E-state index in [1.807, 2.05) is 30.3 Å². The molecule has 6 nitrogen and oxygen atoms in total. The SMILES string of the molecule is COC(=O)/C(N)=N/N(N)Cc1ccccc1. The van der Waals surface area contributed by atoms with Gasteiger partial charge in [0.1, 0.15) is 0 Å². The molecule has 0 atom stereocenters. The van der Waals surface area contributed by atoms with Gasteiger partial charge in [0.05, 0.1) is 13.7 Å². The van der Waals surface area contributed by atoms with Gasteiger partial charge in [-0.15, -0.1) is 5.10 Å². The summed E-state index contributed by atoms with van der Waals surface area (Å²) < 4.78 is 4.39. The zero-order valence-corrected chi connectivity index (χ0v) is 8.96. The van der Waals surface area contributed by atoms with E-state index in [0.29, 0.717) is 6.54 Å². The summed E-state index contributed by atoms with van der Waals surface area (Å²) in [6, 6.07) is 9.46. The van der Waals surface area contributed by atoms with Crippen molar-refractivity contribution in [3.63, 3.8) is 0 Å². The van der Waals surface area contributed by atoms with E-state index in [1.165, 1.54) is 7.11 Å². The van der Waals surface area contributed by atoms with E-state index >= 15 is 0 Å². The summed E-state index contributed by atoms with van der Waals surface area (Å²) in [6.45, 7) is 0.360. The summed E-state index contributed by atoms with van der Waals surface area (Å²) >= 11 is 0. The van der Waals surface area contributed by atoms with Gasteiger partial charge in [-0.05, 0) is 5.56 Å². The van der Waals surface area contributed by atoms with Gasteiger partial charge in [-0.25, -0.2) is 15.8 Å². The molecule has 0 radical (unpaired) electrons. The third-order valence-electron chi connectivity index (χ3n) is 1.82. The Labute approximate surface area is 93.4 Å². The molecule has 16 heavy (non-hydrogen) atoms.